The first-order valence-corrected chi connectivity index (χ1v) is 11.8. The average Bonchev–Trinajstić information content (AvgIpc) is 3.18. The number of rotatable bonds is 5. The maximum Gasteiger partial charge on any atom is 0.261 e. The predicted octanol–water partition coefficient (Wildman–Crippen LogP) is 3.02. The average molecular weight is 450 g/mol. The summed E-state index contributed by atoms with van der Waals surface area (Å²) in [5, 5.41) is 2.76. The van der Waals surface area contributed by atoms with Gasteiger partial charge in [0.2, 0.25) is 11.8 Å². The number of amides is 2. The van der Waals surface area contributed by atoms with Crippen LogP contribution in [0.4, 0.5) is 15.8 Å². The van der Waals surface area contributed by atoms with Crippen LogP contribution in [0.25, 0.3) is 0 Å². The van der Waals surface area contributed by atoms with Gasteiger partial charge in [-0.05, 0) is 55.8 Å². The number of anilines is 2. The van der Waals surface area contributed by atoms with Crippen LogP contribution in [-0.4, -0.2) is 41.8 Å². The number of benzene rings is 2. The van der Waals surface area contributed by atoms with E-state index in [1.807, 2.05) is 6.92 Å². The quantitative estimate of drug-likeness (QED) is 0.732. The van der Waals surface area contributed by atoms with E-state index in [1.54, 1.807) is 16.7 Å². The number of sulfonamides is 1. The predicted molar refractivity (Wildman–Crippen MR) is 113 cm³/mol. The van der Waals surface area contributed by atoms with Gasteiger partial charge in [0.25, 0.3) is 10.0 Å². The smallest absolute Gasteiger partial charge is 0.261 e. The molecule has 2 amide bonds. The van der Waals surface area contributed by atoms with Crippen molar-refractivity contribution in [3.8, 4) is 0 Å². The van der Waals surface area contributed by atoms with Crippen LogP contribution in [0.5, 0.6) is 0 Å². The standard InChI is InChI=1S/C20H20FN3O4S2/c1-20-10-9-18(25)24(20)17(12-29-20)19(26)22-14-5-7-16(8-6-14)30(27,28)23-15-4-2-3-13(21)11-15/h2-8,11,17,23H,9-10,12H2,1H3,(H,22,26). The van der Waals surface area contributed by atoms with Crippen molar-refractivity contribution in [2.24, 2.45) is 0 Å². The Hall–Kier alpha value is -2.59. The van der Waals surface area contributed by atoms with Gasteiger partial charge in [-0.2, -0.15) is 0 Å². The number of fused-ring (bicyclic) bond motifs is 1. The van der Waals surface area contributed by atoms with Gasteiger partial charge in [-0.15, -0.1) is 11.8 Å². The fourth-order valence-electron chi connectivity index (χ4n) is 3.72. The third kappa shape index (κ3) is 3.89. The summed E-state index contributed by atoms with van der Waals surface area (Å²) < 4.78 is 40.6. The Morgan fingerprint density at radius 1 is 1.20 bits per heavy atom. The number of hydrogen-bond donors (Lipinski definition) is 2. The Labute approximate surface area is 178 Å². The molecule has 158 valence electrons. The highest BCUT2D eigenvalue weighted by atomic mass is 32.2. The summed E-state index contributed by atoms with van der Waals surface area (Å²) in [5.41, 5.74) is 0.541. The van der Waals surface area contributed by atoms with Crippen LogP contribution < -0.4 is 10.0 Å². The lowest BCUT2D eigenvalue weighted by Gasteiger charge is -2.29. The number of halogens is 1. The Bertz CT molecular complexity index is 1110. The van der Waals surface area contributed by atoms with Crippen molar-refractivity contribution in [3.63, 3.8) is 0 Å². The van der Waals surface area contributed by atoms with E-state index < -0.39 is 21.9 Å². The van der Waals surface area contributed by atoms with Crippen molar-refractivity contribution in [2.75, 3.05) is 15.8 Å². The highest BCUT2D eigenvalue weighted by molar-refractivity contribution is 8.01. The molecule has 2 aromatic rings. The molecule has 2 saturated heterocycles. The number of carbonyl (C=O) groups is 2. The van der Waals surface area contributed by atoms with Crippen molar-refractivity contribution in [3.05, 3.63) is 54.3 Å². The van der Waals surface area contributed by atoms with Crippen LogP contribution in [-0.2, 0) is 19.6 Å². The van der Waals surface area contributed by atoms with Gasteiger partial charge in [0.1, 0.15) is 11.9 Å². The molecule has 0 aromatic heterocycles. The van der Waals surface area contributed by atoms with Gasteiger partial charge in [-0.25, -0.2) is 12.8 Å². The monoisotopic (exact) mass is 449 g/mol. The number of nitrogens with zero attached hydrogens (tertiary/aromatic N) is 1. The molecular formula is C20H20FN3O4S2. The Morgan fingerprint density at radius 2 is 1.93 bits per heavy atom. The van der Waals surface area contributed by atoms with Gasteiger partial charge in [0, 0.05) is 17.9 Å². The molecule has 2 N–H and O–H groups in total. The van der Waals surface area contributed by atoms with E-state index in [0.717, 1.165) is 12.5 Å². The van der Waals surface area contributed by atoms with Crippen LogP contribution in [0, 0.1) is 5.82 Å². The lowest BCUT2D eigenvalue weighted by Crippen LogP contribution is -2.48. The first kappa shape index (κ1) is 20.7. The van der Waals surface area contributed by atoms with E-state index in [0.29, 0.717) is 17.9 Å². The molecule has 0 bridgehead atoms. The molecule has 10 heteroatoms. The topological polar surface area (TPSA) is 95.6 Å². The van der Waals surface area contributed by atoms with Crippen molar-refractivity contribution >= 4 is 45.0 Å². The van der Waals surface area contributed by atoms with E-state index >= 15 is 0 Å². The van der Waals surface area contributed by atoms with E-state index in [1.165, 1.54) is 42.5 Å². The van der Waals surface area contributed by atoms with Crippen molar-refractivity contribution in [2.45, 2.75) is 35.6 Å². The minimum Gasteiger partial charge on any atom is -0.324 e. The minimum atomic E-state index is -3.90. The van der Waals surface area contributed by atoms with E-state index in [4.69, 9.17) is 0 Å². The first-order valence-electron chi connectivity index (χ1n) is 9.33. The highest BCUT2D eigenvalue weighted by Crippen LogP contribution is 2.47. The van der Waals surface area contributed by atoms with Crippen molar-refractivity contribution < 1.29 is 22.4 Å². The van der Waals surface area contributed by atoms with Gasteiger partial charge >= 0.3 is 0 Å². The molecule has 2 atom stereocenters. The number of carbonyl (C=O) groups excluding carboxylic acids is 2. The van der Waals surface area contributed by atoms with Crippen LogP contribution >= 0.6 is 11.8 Å². The van der Waals surface area contributed by atoms with E-state index in [2.05, 4.69) is 10.0 Å². The van der Waals surface area contributed by atoms with Gasteiger partial charge in [-0.3, -0.25) is 14.3 Å². The van der Waals surface area contributed by atoms with Crippen LogP contribution in [0.1, 0.15) is 19.8 Å². The fraction of sp³-hybridized carbons (Fsp3) is 0.300. The summed E-state index contributed by atoms with van der Waals surface area (Å²) in [6.45, 7) is 1.97. The summed E-state index contributed by atoms with van der Waals surface area (Å²) in [5.74, 6) is -0.341. The largest absolute Gasteiger partial charge is 0.324 e. The molecule has 2 aliphatic heterocycles. The second kappa shape index (κ2) is 7.59. The van der Waals surface area contributed by atoms with Gasteiger partial charge < -0.3 is 10.2 Å². The zero-order valence-electron chi connectivity index (χ0n) is 16.1. The molecule has 2 aromatic carbocycles. The second-order valence-electron chi connectivity index (χ2n) is 7.40. The third-order valence-corrected chi connectivity index (χ3v) is 8.16. The van der Waals surface area contributed by atoms with Gasteiger partial charge in [0.05, 0.1) is 15.5 Å². The number of nitrogens with one attached hydrogen (secondary N) is 2. The molecule has 30 heavy (non-hydrogen) atoms. The number of thioether (sulfide) groups is 1. The zero-order chi connectivity index (χ0) is 21.5. The van der Waals surface area contributed by atoms with Gasteiger partial charge in [0.15, 0.2) is 0 Å². The molecule has 2 heterocycles. The third-order valence-electron chi connectivity index (χ3n) is 5.26. The maximum atomic E-state index is 13.3. The van der Waals surface area contributed by atoms with E-state index in [9.17, 15) is 22.4 Å². The molecule has 2 unspecified atom stereocenters. The zero-order valence-corrected chi connectivity index (χ0v) is 17.7. The molecule has 0 radical (unpaired) electrons. The molecule has 0 saturated carbocycles. The van der Waals surface area contributed by atoms with Crippen molar-refractivity contribution in [1.82, 2.24) is 4.90 Å². The molecule has 0 aliphatic carbocycles. The van der Waals surface area contributed by atoms with E-state index in [-0.39, 0.29) is 27.3 Å². The lowest BCUT2D eigenvalue weighted by atomic mass is 10.2. The molecule has 2 aliphatic rings. The van der Waals surface area contributed by atoms with Crippen LogP contribution in [0.15, 0.2) is 53.4 Å². The number of hydrogen-bond acceptors (Lipinski definition) is 5. The van der Waals surface area contributed by atoms with Crippen molar-refractivity contribution in [1.29, 1.82) is 0 Å². The summed E-state index contributed by atoms with van der Waals surface area (Å²) in [6.07, 6.45) is 1.17. The molecule has 2 fully saturated rings. The summed E-state index contributed by atoms with van der Waals surface area (Å²) in [7, 11) is -3.90. The summed E-state index contributed by atoms with van der Waals surface area (Å²) >= 11 is 1.60. The lowest BCUT2D eigenvalue weighted by molar-refractivity contribution is -0.135. The summed E-state index contributed by atoms with van der Waals surface area (Å²) in [4.78, 5) is 26.2. The Morgan fingerprint density at radius 3 is 2.63 bits per heavy atom. The molecular weight excluding hydrogens is 429 g/mol. The maximum absolute atomic E-state index is 13.3. The molecule has 7 nitrogen and oxygen atoms in total. The minimum absolute atomic E-state index is 0.0208. The van der Waals surface area contributed by atoms with Crippen LogP contribution in [0.2, 0.25) is 0 Å². The Balaban J connectivity index is 1.45. The van der Waals surface area contributed by atoms with Crippen LogP contribution in [0.3, 0.4) is 0 Å². The second-order valence-corrected chi connectivity index (χ2v) is 10.6. The first-order chi connectivity index (χ1) is 14.2. The Kier molecular flexibility index (Phi) is 5.23. The SMILES string of the molecule is CC12CCC(=O)N1C(C(=O)Nc1ccc(S(=O)(=O)Nc3cccc(F)c3)cc1)CS2. The molecule has 4 rings (SSSR count). The normalized spacial score (nSPS) is 23.3. The fourth-order valence-corrected chi connectivity index (χ4v) is 6.21. The summed E-state index contributed by atoms with van der Waals surface area (Å²) in [6, 6.07) is 10.3. The highest BCUT2D eigenvalue weighted by Gasteiger charge is 2.52. The molecule has 0 spiro atoms. The van der Waals surface area contributed by atoms with Gasteiger partial charge in [-0.1, -0.05) is 6.07 Å².